The van der Waals surface area contributed by atoms with Gasteiger partial charge >= 0.3 is 6.03 Å². The Bertz CT molecular complexity index is 450. The Morgan fingerprint density at radius 2 is 2.00 bits per heavy atom. The molecule has 1 aromatic rings. The summed E-state index contributed by atoms with van der Waals surface area (Å²) >= 11 is 0. The van der Waals surface area contributed by atoms with Crippen LogP contribution in [0.2, 0.25) is 0 Å². The summed E-state index contributed by atoms with van der Waals surface area (Å²) in [7, 11) is 1.65. The molecule has 0 fully saturated rings. The molecule has 0 aromatic heterocycles. The second-order valence-corrected chi connectivity index (χ2v) is 5.15. The molecular weight excluding hydrogens is 294 g/mol. The van der Waals surface area contributed by atoms with Crippen molar-refractivity contribution < 1.29 is 14.3 Å². The zero-order chi connectivity index (χ0) is 16.9. The Labute approximate surface area is 139 Å². The predicted octanol–water partition coefficient (Wildman–Crippen LogP) is 2.31. The molecule has 0 heterocycles. The second-order valence-electron chi connectivity index (χ2n) is 5.15. The molecule has 1 aromatic carbocycles. The summed E-state index contributed by atoms with van der Waals surface area (Å²) in [5.41, 5.74) is 1.78. The maximum Gasteiger partial charge on any atom is 0.319 e. The number of anilines is 1. The summed E-state index contributed by atoms with van der Waals surface area (Å²) in [6.07, 6.45) is 0. The summed E-state index contributed by atoms with van der Waals surface area (Å²) in [5, 5.41) is 5.71. The highest BCUT2D eigenvalue weighted by Gasteiger charge is 2.04. The smallest absolute Gasteiger partial charge is 0.319 e. The van der Waals surface area contributed by atoms with E-state index in [1.807, 2.05) is 24.3 Å². The number of amides is 2. The van der Waals surface area contributed by atoms with Gasteiger partial charge in [-0.3, -0.25) is 0 Å². The van der Waals surface area contributed by atoms with Gasteiger partial charge in [-0.15, -0.1) is 0 Å². The first kappa shape index (κ1) is 19.4. The van der Waals surface area contributed by atoms with Gasteiger partial charge < -0.3 is 25.0 Å². The van der Waals surface area contributed by atoms with Crippen LogP contribution in [0.1, 0.15) is 19.4 Å². The van der Waals surface area contributed by atoms with E-state index in [2.05, 4.69) is 29.4 Å². The number of hydrogen-bond acceptors (Lipinski definition) is 4. The van der Waals surface area contributed by atoms with Crippen LogP contribution in [0, 0.1) is 0 Å². The Balaban J connectivity index is 2.33. The van der Waals surface area contributed by atoms with Gasteiger partial charge in [0.1, 0.15) is 0 Å². The summed E-state index contributed by atoms with van der Waals surface area (Å²) in [5.74, 6) is 0. The lowest BCUT2D eigenvalue weighted by Crippen LogP contribution is -2.36. The fourth-order valence-corrected chi connectivity index (χ4v) is 2.11. The lowest BCUT2D eigenvalue weighted by Gasteiger charge is -2.18. The van der Waals surface area contributed by atoms with Crippen LogP contribution in [-0.4, -0.2) is 57.4 Å². The third-order valence-electron chi connectivity index (χ3n) is 3.49. The number of benzene rings is 1. The van der Waals surface area contributed by atoms with Gasteiger partial charge in [0.25, 0.3) is 0 Å². The van der Waals surface area contributed by atoms with E-state index in [4.69, 9.17) is 9.47 Å². The highest BCUT2D eigenvalue weighted by atomic mass is 16.5. The van der Waals surface area contributed by atoms with Crippen LogP contribution in [0.15, 0.2) is 24.3 Å². The third-order valence-corrected chi connectivity index (χ3v) is 3.49. The van der Waals surface area contributed by atoms with Crippen molar-refractivity contribution in [2.24, 2.45) is 0 Å². The highest BCUT2D eigenvalue weighted by molar-refractivity contribution is 5.89. The van der Waals surface area contributed by atoms with E-state index in [1.165, 1.54) is 0 Å². The molecule has 0 aliphatic rings. The number of nitrogens with one attached hydrogen (secondary N) is 2. The van der Waals surface area contributed by atoms with Crippen molar-refractivity contribution in [1.82, 2.24) is 10.2 Å². The highest BCUT2D eigenvalue weighted by Crippen LogP contribution is 2.11. The van der Waals surface area contributed by atoms with E-state index >= 15 is 0 Å². The molecule has 0 atom stereocenters. The lowest BCUT2D eigenvalue weighted by molar-refractivity contribution is 0.0617. The van der Waals surface area contributed by atoms with Crippen molar-refractivity contribution >= 4 is 11.7 Å². The van der Waals surface area contributed by atoms with Crippen molar-refractivity contribution in [1.29, 1.82) is 0 Å². The second kappa shape index (κ2) is 11.9. The first-order valence-corrected chi connectivity index (χ1v) is 8.12. The first-order valence-electron chi connectivity index (χ1n) is 8.12. The monoisotopic (exact) mass is 323 g/mol. The molecule has 6 nitrogen and oxygen atoms in total. The number of ether oxygens (including phenoxy) is 2. The molecule has 0 spiro atoms. The van der Waals surface area contributed by atoms with Crippen LogP contribution in [0.3, 0.4) is 0 Å². The summed E-state index contributed by atoms with van der Waals surface area (Å²) in [6, 6.07) is 7.46. The Hall–Kier alpha value is -1.63. The van der Waals surface area contributed by atoms with Gasteiger partial charge in [0.15, 0.2) is 0 Å². The van der Waals surface area contributed by atoms with Crippen LogP contribution >= 0.6 is 0 Å². The average molecular weight is 323 g/mol. The minimum atomic E-state index is -0.186. The van der Waals surface area contributed by atoms with Crippen LogP contribution in [0.4, 0.5) is 10.5 Å². The third kappa shape index (κ3) is 8.54. The van der Waals surface area contributed by atoms with Gasteiger partial charge in [0.05, 0.1) is 19.8 Å². The fraction of sp³-hybridized carbons (Fsp3) is 0.588. The summed E-state index contributed by atoms with van der Waals surface area (Å²) in [4.78, 5) is 14.2. The van der Waals surface area contributed by atoms with E-state index in [9.17, 15) is 4.79 Å². The first-order chi connectivity index (χ1) is 11.2. The maximum atomic E-state index is 11.9. The topological polar surface area (TPSA) is 62.8 Å². The molecule has 2 amide bonds. The fourth-order valence-electron chi connectivity index (χ4n) is 2.11. The zero-order valence-corrected chi connectivity index (χ0v) is 14.4. The van der Waals surface area contributed by atoms with Gasteiger partial charge in [-0.05, 0) is 30.8 Å². The van der Waals surface area contributed by atoms with Gasteiger partial charge in [-0.1, -0.05) is 26.0 Å². The Morgan fingerprint density at radius 3 is 2.70 bits per heavy atom. The largest absolute Gasteiger partial charge is 0.382 e. The van der Waals surface area contributed by atoms with Crippen LogP contribution in [0.25, 0.3) is 0 Å². The van der Waals surface area contributed by atoms with Crippen LogP contribution in [0.5, 0.6) is 0 Å². The molecule has 130 valence electrons. The van der Waals surface area contributed by atoms with Crippen LogP contribution < -0.4 is 10.6 Å². The summed E-state index contributed by atoms with van der Waals surface area (Å²) < 4.78 is 10.4. The number of rotatable bonds is 11. The number of carbonyl (C=O) groups is 1. The van der Waals surface area contributed by atoms with E-state index in [0.29, 0.717) is 26.4 Å². The number of carbonyl (C=O) groups excluding carboxylic acids is 1. The Morgan fingerprint density at radius 1 is 1.22 bits per heavy atom. The number of likely N-dealkylation sites (N-methyl/N-ethyl adjacent to an activating group) is 1. The molecule has 0 saturated carbocycles. The number of methoxy groups -OCH3 is 1. The molecule has 0 aliphatic carbocycles. The number of urea groups is 1. The molecule has 0 unspecified atom stereocenters. The molecule has 0 aliphatic heterocycles. The summed E-state index contributed by atoms with van der Waals surface area (Å²) in [6.45, 7) is 9.33. The molecule has 0 radical (unpaired) electrons. The van der Waals surface area contributed by atoms with Crippen molar-refractivity contribution in [2.75, 3.05) is 51.8 Å². The minimum Gasteiger partial charge on any atom is -0.382 e. The van der Waals surface area contributed by atoms with Crippen LogP contribution in [-0.2, 0) is 16.1 Å². The standard InChI is InChI=1S/C17H29N3O3/c1-4-20(5-2)10-9-18-17(21)19-16-8-6-7-15(13-16)14-23-12-11-22-3/h6-8,13H,4-5,9-12,14H2,1-3H3,(H2,18,19,21). The molecule has 0 saturated heterocycles. The van der Waals surface area contributed by atoms with E-state index in [1.54, 1.807) is 7.11 Å². The van der Waals surface area contributed by atoms with Crippen molar-refractivity contribution in [2.45, 2.75) is 20.5 Å². The van der Waals surface area contributed by atoms with E-state index in [0.717, 1.165) is 30.9 Å². The quantitative estimate of drug-likeness (QED) is 0.614. The number of hydrogen-bond donors (Lipinski definition) is 2. The molecule has 2 N–H and O–H groups in total. The molecule has 1 rings (SSSR count). The molecule has 6 heteroatoms. The average Bonchev–Trinajstić information content (AvgIpc) is 2.56. The van der Waals surface area contributed by atoms with Crippen molar-refractivity contribution in [3.05, 3.63) is 29.8 Å². The number of nitrogens with zero attached hydrogens (tertiary/aromatic N) is 1. The van der Waals surface area contributed by atoms with Gasteiger partial charge in [-0.25, -0.2) is 4.79 Å². The zero-order valence-electron chi connectivity index (χ0n) is 14.4. The minimum absolute atomic E-state index is 0.186. The maximum absolute atomic E-state index is 11.9. The van der Waals surface area contributed by atoms with Gasteiger partial charge in [0, 0.05) is 25.9 Å². The molecule has 23 heavy (non-hydrogen) atoms. The molecular formula is C17H29N3O3. The van der Waals surface area contributed by atoms with Gasteiger partial charge in [0.2, 0.25) is 0 Å². The lowest BCUT2D eigenvalue weighted by atomic mass is 10.2. The normalized spacial score (nSPS) is 10.8. The van der Waals surface area contributed by atoms with Crippen molar-refractivity contribution in [3.63, 3.8) is 0 Å². The Kier molecular flexibility index (Phi) is 10.0. The van der Waals surface area contributed by atoms with Crippen molar-refractivity contribution in [3.8, 4) is 0 Å². The predicted molar refractivity (Wildman–Crippen MR) is 92.8 cm³/mol. The van der Waals surface area contributed by atoms with Gasteiger partial charge in [-0.2, -0.15) is 0 Å². The SMILES string of the molecule is CCN(CC)CCNC(=O)Nc1cccc(COCCOC)c1. The van der Waals surface area contributed by atoms with E-state index < -0.39 is 0 Å². The van der Waals surface area contributed by atoms with E-state index in [-0.39, 0.29) is 6.03 Å². The molecule has 0 bridgehead atoms.